The zero-order valence-corrected chi connectivity index (χ0v) is 15.7. The number of benzene rings is 1. The molecule has 1 aromatic heterocycles. The van der Waals surface area contributed by atoms with E-state index in [9.17, 15) is 4.79 Å². The van der Waals surface area contributed by atoms with E-state index in [1.807, 2.05) is 35.0 Å². The summed E-state index contributed by atoms with van der Waals surface area (Å²) in [7, 11) is 0. The lowest BCUT2D eigenvalue weighted by molar-refractivity contribution is -0.00119. The molecular formula is C20H24ClN3O2. The first-order valence-electron chi connectivity index (χ1n) is 9.33. The van der Waals surface area contributed by atoms with Crippen molar-refractivity contribution in [2.24, 2.45) is 5.92 Å². The zero-order valence-electron chi connectivity index (χ0n) is 15.0. The van der Waals surface area contributed by atoms with Gasteiger partial charge in [-0.05, 0) is 55.4 Å². The molecule has 0 radical (unpaired) electrons. The maximum absolute atomic E-state index is 12.6. The molecule has 1 N–H and O–H groups in total. The quantitative estimate of drug-likeness (QED) is 0.880. The van der Waals surface area contributed by atoms with Crippen molar-refractivity contribution in [3.8, 4) is 0 Å². The Morgan fingerprint density at radius 3 is 2.69 bits per heavy atom. The van der Waals surface area contributed by atoms with Crippen LogP contribution in [0.25, 0.3) is 0 Å². The summed E-state index contributed by atoms with van der Waals surface area (Å²) in [6, 6.07) is 9.79. The predicted molar refractivity (Wildman–Crippen MR) is 100 cm³/mol. The van der Waals surface area contributed by atoms with Gasteiger partial charge in [-0.2, -0.15) is 5.10 Å². The van der Waals surface area contributed by atoms with Crippen LogP contribution >= 0.6 is 11.6 Å². The van der Waals surface area contributed by atoms with E-state index in [0.29, 0.717) is 23.9 Å². The predicted octanol–water partition coefficient (Wildman–Crippen LogP) is 4.12. The van der Waals surface area contributed by atoms with Crippen LogP contribution < -0.4 is 5.32 Å². The Morgan fingerprint density at radius 1 is 1.23 bits per heavy atom. The van der Waals surface area contributed by atoms with Gasteiger partial charge in [-0.1, -0.05) is 30.7 Å². The number of hydrogen-bond donors (Lipinski definition) is 1. The number of hydrogen-bond acceptors (Lipinski definition) is 3. The number of fused-ring (bicyclic) bond motifs is 1. The van der Waals surface area contributed by atoms with Gasteiger partial charge in [0, 0.05) is 11.1 Å². The van der Waals surface area contributed by atoms with Crippen molar-refractivity contribution in [3.63, 3.8) is 0 Å². The van der Waals surface area contributed by atoms with Crippen molar-refractivity contribution >= 4 is 17.5 Å². The fourth-order valence-electron chi connectivity index (χ4n) is 3.78. The molecular weight excluding hydrogens is 350 g/mol. The third kappa shape index (κ3) is 3.79. The molecule has 0 spiro atoms. The summed E-state index contributed by atoms with van der Waals surface area (Å²) in [6.45, 7) is 3.33. The topological polar surface area (TPSA) is 56.2 Å². The van der Waals surface area contributed by atoms with Gasteiger partial charge < -0.3 is 10.1 Å². The highest BCUT2D eigenvalue weighted by molar-refractivity contribution is 6.30. The summed E-state index contributed by atoms with van der Waals surface area (Å²) >= 11 is 5.95. The minimum absolute atomic E-state index is 0.0737. The number of carbonyl (C=O) groups excluding carboxylic acids is 1. The first-order chi connectivity index (χ1) is 12.6. The Labute approximate surface area is 158 Å². The smallest absolute Gasteiger partial charge is 0.272 e. The van der Waals surface area contributed by atoms with E-state index in [0.717, 1.165) is 30.0 Å². The summed E-state index contributed by atoms with van der Waals surface area (Å²) in [5, 5.41) is 8.38. The zero-order chi connectivity index (χ0) is 18.1. The van der Waals surface area contributed by atoms with Crippen molar-refractivity contribution in [3.05, 3.63) is 52.3 Å². The number of carbonyl (C=O) groups is 1. The van der Waals surface area contributed by atoms with Crippen molar-refractivity contribution in [1.29, 1.82) is 0 Å². The molecule has 26 heavy (non-hydrogen) atoms. The molecule has 1 atom stereocenters. The molecule has 1 unspecified atom stereocenters. The summed E-state index contributed by atoms with van der Waals surface area (Å²) in [6.07, 6.45) is 4.41. The molecule has 1 amide bonds. The Morgan fingerprint density at radius 2 is 1.96 bits per heavy atom. The molecule has 5 nitrogen and oxygen atoms in total. The van der Waals surface area contributed by atoms with Crippen LogP contribution in [0, 0.1) is 5.92 Å². The second-order valence-electron chi connectivity index (χ2n) is 7.48. The van der Waals surface area contributed by atoms with Gasteiger partial charge in [0.2, 0.25) is 0 Å². The Bertz CT molecular complexity index is 779. The van der Waals surface area contributed by atoms with Gasteiger partial charge in [-0.3, -0.25) is 9.48 Å². The third-order valence-corrected chi connectivity index (χ3v) is 5.71. The number of rotatable bonds is 3. The van der Waals surface area contributed by atoms with Crippen molar-refractivity contribution in [2.75, 3.05) is 0 Å². The van der Waals surface area contributed by atoms with Gasteiger partial charge in [-0.15, -0.1) is 0 Å². The number of halogens is 1. The average molecular weight is 374 g/mol. The standard InChI is InChI=1S/C20H24ClN3O2/c1-13-2-8-16(9-3-13)22-20(25)18-10-17-12-26-19(11-24(17)23-18)14-4-6-15(21)7-5-14/h4-7,10,13,16,19H,2-3,8-9,11-12H2,1H3,(H,22,25). The Kier molecular flexibility index (Phi) is 5.00. The molecule has 4 rings (SSSR count). The van der Waals surface area contributed by atoms with E-state index in [-0.39, 0.29) is 18.1 Å². The van der Waals surface area contributed by atoms with E-state index in [4.69, 9.17) is 16.3 Å². The maximum atomic E-state index is 12.6. The molecule has 2 heterocycles. The Hall–Kier alpha value is -1.85. The molecule has 1 fully saturated rings. The summed E-state index contributed by atoms with van der Waals surface area (Å²) in [4.78, 5) is 12.6. The summed E-state index contributed by atoms with van der Waals surface area (Å²) in [5.41, 5.74) is 2.49. The van der Waals surface area contributed by atoms with Crippen LogP contribution in [0.15, 0.2) is 30.3 Å². The largest absolute Gasteiger partial charge is 0.365 e. The number of nitrogens with one attached hydrogen (secondary N) is 1. The van der Waals surface area contributed by atoms with Crippen LogP contribution in [0.2, 0.25) is 5.02 Å². The van der Waals surface area contributed by atoms with Crippen LogP contribution in [0.1, 0.15) is 60.5 Å². The average Bonchev–Trinajstić information content (AvgIpc) is 3.08. The molecule has 2 aliphatic rings. The molecule has 1 aliphatic heterocycles. The van der Waals surface area contributed by atoms with Gasteiger partial charge in [0.05, 0.1) is 18.8 Å². The van der Waals surface area contributed by atoms with Crippen molar-refractivity contribution in [1.82, 2.24) is 15.1 Å². The molecule has 138 valence electrons. The van der Waals surface area contributed by atoms with Gasteiger partial charge in [0.15, 0.2) is 5.69 Å². The van der Waals surface area contributed by atoms with Gasteiger partial charge in [0.25, 0.3) is 5.91 Å². The third-order valence-electron chi connectivity index (χ3n) is 5.46. The highest BCUT2D eigenvalue weighted by Gasteiger charge is 2.26. The van der Waals surface area contributed by atoms with E-state index < -0.39 is 0 Å². The van der Waals surface area contributed by atoms with Crippen LogP contribution in [-0.2, 0) is 17.9 Å². The van der Waals surface area contributed by atoms with Crippen LogP contribution in [-0.4, -0.2) is 21.7 Å². The van der Waals surface area contributed by atoms with E-state index in [1.54, 1.807) is 0 Å². The Balaban J connectivity index is 1.42. The monoisotopic (exact) mass is 373 g/mol. The fourth-order valence-corrected chi connectivity index (χ4v) is 3.91. The number of amides is 1. The van der Waals surface area contributed by atoms with Gasteiger partial charge in [-0.25, -0.2) is 0 Å². The maximum Gasteiger partial charge on any atom is 0.272 e. The summed E-state index contributed by atoms with van der Waals surface area (Å²) < 4.78 is 7.84. The molecule has 6 heteroatoms. The van der Waals surface area contributed by atoms with Gasteiger partial charge >= 0.3 is 0 Å². The number of aromatic nitrogens is 2. The minimum Gasteiger partial charge on any atom is -0.365 e. The minimum atomic E-state index is -0.0745. The second kappa shape index (κ2) is 7.41. The first-order valence-corrected chi connectivity index (χ1v) is 9.71. The normalized spacial score (nSPS) is 25.5. The highest BCUT2D eigenvalue weighted by Crippen LogP contribution is 2.28. The van der Waals surface area contributed by atoms with Crippen LogP contribution in [0.4, 0.5) is 0 Å². The molecule has 1 saturated carbocycles. The second-order valence-corrected chi connectivity index (χ2v) is 7.92. The number of nitrogens with zero attached hydrogens (tertiary/aromatic N) is 2. The van der Waals surface area contributed by atoms with E-state index in [1.165, 1.54) is 12.8 Å². The van der Waals surface area contributed by atoms with Crippen molar-refractivity contribution in [2.45, 2.75) is 57.9 Å². The number of ether oxygens (including phenoxy) is 1. The lowest BCUT2D eigenvalue weighted by Gasteiger charge is -2.26. The van der Waals surface area contributed by atoms with Gasteiger partial charge in [0.1, 0.15) is 6.10 Å². The van der Waals surface area contributed by atoms with E-state index in [2.05, 4.69) is 17.3 Å². The molecule has 0 saturated heterocycles. The fraction of sp³-hybridized carbons (Fsp3) is 0.500. The van der Waals surface area contributed by atoms with E-state index >= 15 is 0 Å². The lowest BCUT2D eigenvalue weighted by Crippen LogP contribution is -2.37. The first kappa shape index (κ1) is 17.6. The molecule has 0 bridgehead atoms. The van der Waals surface area contributed by atoms with Crippen LogP contribution in [0.3, 0.4) is 0 Å². The SMILES string of the molecule is CC1CCC(NC(=O)c2cc3n(n2)CC(c2ccc(Cl)cc2)OC3)CC1. The molecule has 2 aromatic rings. The van der Waals surface area contributed by atoms with Crippen LogP contribution in [0.5, 0.6) is 0 Å². The molecule has 1 aliphatic carbocycles. The lowest BCUT2D eigenvalue weighted by atomic mass is 9.87. The summed E-state index contributed by atoms with van der Waals surface area (Å²) in [5.74, 6) is 0.694. The van der Waals surface area contributed by atoms with Crippen molar-refractivity contribution < 1.29 is 9.53 Å². The highest BCUT2D eigenvalue weighted by atomic mass is 35.5. The molecule has 1 aromatic carbocycles.